The van der Waals surface area contributed by atoms with Crippen molar-refractivity contribution < 1.29 is 64.2 Å². The van der Waals surface area contributed by atoms with Gasteiger partial charge in [-0.1, -0.05) is 78.3 Å². The first-order chi connectivity index (χ1) is 42.1. The number of aliphatic hydroxyl groups excluding tert-OH is 5. The SMILES string of the molecule is COc1cc(CC2C(O)CSSC3CC(O)c4cccc5cn(cc45)COCCCC4NC(=O)CC4C(O)CCC4CCC(C)CC45C#CCC4(CCCCC4)NCC4CCC(CC45)Oc4cc(c3cc4O)CCC(OCO)CC2O)cc(OC)c1O. The number of rotatable bonds is 6. The molecule has 3 aromatic carbocycles. The Kier molecular flexibility index (Phi) is 21.3. The molecule has 1 amide bonds. The van der Waals surface area contributed by atoms with Crippen molar-refractivity contribution >= 4 is 38.3 Å². The largest absolute Gasteiger partial charge is 0.504 e. The molecule has 12 rings (SSSR count). The van der Waals surface area contributed by atoms with Gasteiger partial charge in [-0.3, -0.25) is 4.79 Å². The van der Waals surface area contributed by atoms with Crippen molar-refractivity contribution in [3.63, 3.8) is 0 Å². The Morgan fingerprint density at radius 2 is 1.66 bits per heavy atom. The smallest absolute Gasteiger partial charge is 0.220 e. The van der Waals surface area contributed by atoms with Gasteiger partial charge in [0.2, 0.25) is 11.7 Å². The van der Waals surface area contributed by atoms with Crippen molar-refractivity contribution in [3.8, 4) is 40.6 Å². The topological polar surface area (TPSA) is 234 Å². The first-order valence-corrected chi connectivity index (χ1v) is 34.9. The molecule has 15 atom stereocenters. The van der Waals surface area contributed by atoms with Gasteiger partial charge in [0.05, 0.1) is 50.8 Å². The number of aromatic hydroxyl groups is 2. The fourth-order valence-electron chi connectivity index (χ4n) is 16.7. The quantitative estimate of drug-likeness (QED) is 0.0496. The summed E-state index contributed by atoms with van der Waals surface area (Å²) in [5, 5.41) is 91.7. The number of amides is 1. The monoisotopic (exact) mass is 1240 g/mol. The summed E-state index contributed by atoms with van der Waals surface area (Å²) in [6.07, 6.45) is 16.2. The fourth-order valence-corrected chi connectivity index (χ4v) is 19.6. The highest BCUT2D eigenvalue weighted by atomic mass is 33.1. The van der Waals surface area contributed by atoms with Crippen LogP contribution >= 0.6 is 21.6 Å². The number of benzene rings is 3. The predicted octanol–water partition coefficient (Wildman–Crippen LogP) is 10.6. The number of hydrogen-bond acceptors (Lipinski definition) is 16. The first kappa shape index (κ1) is 64.2. The lowest BCUT2D eigenvalue weighted by Gasteiger charge is -2.53. The van der Waals surface area contributed by atoms with Crippen molar-refractivity contribution in [1.29, 1.82) is 0 Å². The van der Waals surface area contributed by atoms with Gasteiger partial charge in [0, 0.05) is 77.1 Å². The molecule has 8 bridgehead atoms. The van der Waals surface area contributed by atoms with Gasteiger partial charge in [-0.25, -0.2) is 0 Å². The molecule has 6 heterocycles. The molecule has 9 N–H and O–H groups in total. The highest BCUT2D eigenvalue weighted by Gasteiger charge is 2.53. The highest BCUT2D eigenvalue weighted by molar-refractivity contribution is 8.76. The lowest BCUT2D eigenvalue weighted by molar-refractivity contribution is -0.119. The van der Waals surface area contributed by atoms with Crippen LogP contribution in [0.15, 0.2) is 54.9 Å². The van der Waals surface area contributed by atoms with Gasteiger partial charge in [-0.2, -0.15) is 0 Å². The molecule has 0 radical (unpaired) electrons. The summed E-state index contributed by atoms with van der Waals surface area (Å²) in [4.78, 5) is 13.1. The van der Waals surface area contributed by atoms with Crippen LogP contribution < -0.4 is 24.8 Å². The van der Waals surface area contributed by atoms with E-state index in [-0.39, 0.29) is 102 Å². The Hall–Kier alpha value is -4.39. The van der Waals surface area contributed by atoms with Crippen molar-refractivity contribution in [1.82, 2.24) is 15.2 Å². The third-order valence-electron chi connectivity index (χ3n) is 21.4. The maximum Gasteiger partial charge on any atom is 0.220 e. The minimum atomic E-state index is -1.08. The van der Waals surface area contributed by atoms with Gasteiger partial charge in [-0.15, -0.1) is 5.92 Å². The van der Waals surface area contributed by atoms with E-state index in [4.69, 9.17) is 23.7 Å². The van der Waals surface area contributed by atoms with E-state index in [0.29, 0.717) is 68.3 Å². The summed E-state index contributed by atoms with van der Waals surface area (Å²) >= 11 is 0. The number of fused-ring (bicyclic) bond motifs is 8. The van der Waals surface area contributed by atoms with E-state index in [1.54, 1.807) is 12.1 Å². The normalized spacial score (nSPS) is 33.9. The summed E-state index contributed by atoms with van der Waals surface area (Å²) in [7, 11) is 5.86. The molecule has 4 fully saturated rings. The number of aryl methyl sites for hydroxylation is 1. The van der Waals surface area contributed by atoms with Crippen LogP contribution in [0.1, 0.15) is 169 Å². The lowest BCUT2D eigenvalue weighted by atomic mass is 9.51. The summed E-state index contributed by atoms with van der Waals surface area (Å²) in [5.41, 5.74) is 2.79. The Labute approximate surface area is 522 Å². The third-order valence-corrected chi connectivity index (χ3v) is 24.2. The number of aromatic nitrogens is 1. The second-order valence-corrected chi connectivity index (χ2v) is 29.5. The zero-order chi connectivity index (χ0) is 60.8. The number of ether oxygens (including phenoxy) is 5. The minimum absolute atomic E-state index is 0.00136. The number of carbonyl (C=O) groups excluding carboxylic acids is 1. The van der Waals surface area contributed by atoms with Crippen LogP contribution in [0.25, 0.3) is 10.8 Å². The second-order valence-electron chi connectivity index (χ2n) is 26.9. The van der Waals surface area contributed by atoms with Gasteiger partial charge in [0.25, 0.3) is 0 Å². The molecule has 87 heavy (non-hydrogen) atoms. The summed E-state index contributed by atoms with van der Waals surface area (Å²) < 4.78 is 32.5. The number of nitrogens with zero attached hydrogens (tertiary/aromatic N) is 1. The summed E-state index contributed by atoms with van der Waals surface area (Å²) in [6, 6.07) is 12.9. The van der Waals surface area contributed by atoms with Crippen LogP contribution in [0.5, 0.6) is 28.7 Å². The highest BCUT2D eigenvalue weighted by Crippen LogP contribution is 2.58. The van der Waals surface area contributed by atoms with Crippen LogP contribution in [0.4, 0.5) is 0 Å². The second kappa shape index (κ2) is 28.8. The fraction of sp³-hybridized carbons (Fsp3) is 0.667. The first-order valence-electron chi connectivity index (χ1n) is 32.5. The molecule has 15 unspecified atom stereocenters. The molecule has 3 aliphatic carbocycles. The Balaban J connectivity index is 0.965. The number of hydrogen-bond donors (Lipinski definition) is 9. The zero-order valence-electron chi connectivity index (χ0n) is 51.2. The molecule has 18 heteroatoms. The van der Waals surface area contributed by atoms with Gasteiger partial charge in [0.15, 0.2) is 23.0 Å². The summed E-state index contributed by atoms with van der Waals surface area (Å²) in [5.74, 6) is 9.25. The van der Waals surface area contributed by atoms with E-state index in [2.05, 4.69) is 29.4 Å². The van der Waals surface area contributed by atoms with E-state index in [9.17, 15) is 40.5 Å². The van der Waals surface area contributed by atoms with Crippen molar-refractivity contribution in [2.24, 2.45) is 40.9 Å². The van der Waals surface area contributed by atoms with Crippen LogP contribution in [0, 0.1) is 52.8 Å². The number of aliphatic hydroxyl groups is 5. The van der Waals surface area contributed by atoms with Gasteiger partial charge in [-0.05, 0) is 185 Å². The van der Waals surface area contributed by atoms with Crippen LogP contribution in [-0.4, -0.2) is 128 Å². The molecule has 3 saturated carbocycles. The van der Waals surface area contributed by atoms with Gasteiger partial charge in [0.1, 0.15) is 13.5 Å². The van der Waals surface area contributed by atoms with Crippen LogP contribution in [0.3, 0.4) is 0 Å². The zero-order valence-corrected chi connectivity index (χ0v) is 52.8. The average Bonchev–Trinajstić information content (AvgIpc) is 1.89. The lowest BCUT2D eigenvalue weighted by Crippen LogP contribution is -2.53. The van der Waals surface area contributed by atoms with E-state index in [0.717, 1.165) is 98.2 Å². The molecule has 1 saturated heterocycles. The van der Waals surface area contributed by atoms with Crippen LogP contribution in [0.2, 0.25) is 0 Å². The van der Waals surface area contributed by atoms with Crippen molar-refractivity contribution in [3.05, 3.63) is 77.1 Å². The number of carbonyl (C=O) groups is 1. The van der Waals surface area contributed by atoms with Crippen LogP contribution in [-0.2, 0) is 33.8 Å². The Morgan fingerprint density at radius 3 is 2.45 bits per heavy atom. The van der Waals surface area contributed by atoms with Gasteiger partial charge < -0.3 is 74.6 Å². The Bertz CT molecular complexity index is 3010. The van der Waals surface area contributed by atoms with Crippen molar-refractivity contribution in [2.75, 3.05) is 39.9 Å². The standard InChI is InChI=1S/C69H95N3O13S2/c1-42-13-16-47-17-20-57(74)52-33-66(79)71-56(52)12-8-25-83-40-72-37-46-10-7-11-50(54(46)38-72)59(76)34-65-51-32-60(77)62(85-49-19-15-45-36-70-68(21-5-4-6-22-68)23-9-24-69(47,35-42)55(45)30-49)29-44(51)14-18-48(84-41-73)31-58(75)53(61(78)39-86-87-65)26-43-27-63(81-2)67(80)64(28-43)82-3/h7,10-11,27-29,32,37-38,42,45,47-49,52-53,55-59,61,65,70,73-78,80H,4-6,8,12-23,25-26,30-31,33-36,39-41H2,1-3H3,(H,71,79). The molecule has 4 aromatic rings. The molecule has 2 spiro atoms. The molecule has 1 aromatic heterocycles. The number of methoxy groups -OCH3 is 2. The average molecular weight is 1240 g/mol. The summed E-state index contributed by atoms with van der Waals surface area (Å²) in [6.45, 7) is 3.47. The Morgan fingerprint density at radius 1 is 0.851 bits per heavy atom. The molecular formula is C69H95N3O13S2. The maximum absolute atomic E-state index is 13.1. The van der Waals surface area contributed by atoms with E-state index >= 15 is 0 Å². The minimum Gasteiger partial charge on any atom is -0.504 e. The third kappa shape index (κ3) is 14.7. The van der Waals surface area contributed by atoms with E-state index < -0.39 is 48.5 Å². The number of phenols is 2. The predicted molar refractivity (Wildman–Crippen MR) is 339 cm³/mol. The molecule has 8 aliphatic rings. The van der Waals surface area contributed by atoms with E-state index in [1.165, 1.54) is 55.1 Å². The number of phenolic OH excluding ortho intramolecular Hbond substituents is 2. The maximum atomic E-state index is 13.1. The molecule has 5 aliphatic heterocycles. The molecule has 16 nitrogen and oxygen atoms in total. The number of nitrogens with one attached hydrogen (secondary N) is 2. The van der Waals surface area contributed by atoms with E-state index in [1.807, 2.05) is 47.3 Å². The molecule has 476 valence electrons. The van der Waals surface area contributed by atoms with Crippen molar-refractivity contribution in [2.45, 2.75) is 208 Å². The molecular weight excluding hydrogens is 1140 g/mol. The van der Waals surface area contributed by atoms with Gasteiger partial charge >= 0.3 is 0 Å².